The Morgan fingerprint density at radius 1 is 1.47 bits per heavy atom. The molecule has 1 heterocycles. The van der Waals surface area contributed by atoms with Crippen LogP contribution >= 0.6 is 15.9 Å². The van der Waals surface area contributed by atoms with Crippen molar-refractivity contribution in [3.63, 3.8) is 0 Å². The van der Waals surface area contributed by atoms with Crippen LogP contribution in [0.2, 0.25) is 0 Å². The van der Waals surface area contributed by atoms with Gasteiger partial charge < -0.3 is 0 Å². The van der Waals surface area contributed by atoms with E-state index in [1.54, 1.807) is 0 Å². The highest BCUT2D eigenvalue weighted by Crippen LogP contribution is 2.30. The molecule has 0 aliphatic rings. The molecule has 0 aromatic carbocycles. The van der Waals surface area contributed by atoms with Gasteiger partial charge in [-0.15, -0.1) is 0 Å². The maximum Gasteiger partial charge on any atom is 0.0711 e. The first-order valence-electron chi connectivity index (χ1n) is 6.32. The molecular weight excluding hydrogens is 280 g/mol. The number of nitrogens with zero attached hydrogens (tertiary/aromatic N) is 2. The van der Waals surface area contributed by atoms with Crippen LogP contribution < -0.4 is 11.3 Å². The highest BCUT2D eigenvalue weighted by atomic mass is 79.9. The molecule has 0 saturated heterocycles. The molecule has 0 bridgehead atoms. The van der Waals surface area contributed by atoms with Crippen LogP contribution in [0, 0.1) is 5.92 Å². The zero-order valence-corrected chi connectivity index (χ0v) is 12.5. The van der Waals surface area contributed by atoms with Crippen LogP contribution in [-0.4, -0.2) is 9.78 Å². The predicted octanol–water partition coefficient (Wildman–Crippen LogP) is 3.00. The lowest BCUT2D eigenvalue weighted by molar-refractivity contribution is 0.344. The third-order valence-corrected chi connectivity index (χ3v) is 3.67. The summed E-state index contributed by atoms with van der Waals surface area (Å²) in [4.78, 5) is 0. The third kappa shape index (κ3) is 3.53. The van der Waals surface area contributed by atoms with Crippen molar-refractivity contribution in [2.24, 2.45) is 11.8 Å². The quantitative estimate of drug-likeness (QED) is 0.601. The van der Waals surface area contributed by atoms with Gasteiger partial charge in [-0.1, -0.05) is 27.2 Å². The van der Waals surface area contributed by atoms with E-state index in [0.29, 0.717) is 5.92 Å². The van der Waals surface area contributed by atoms with E-state index in [1.807, 2.05) is 10.9 Å². The van der Waals surface area contributed by atoms with Crippen LogP contribution in [0.4, 0.5) is 0 Å². The van der Waals surface area contributed by atoms with Gasteiger partial charge in [0.25, 0.3) is 0 Å². The molecule has 0 spiro atoms. The zero-order valence-electron chi connectivity index (χ0n) is 10.9. The molecule has 17 heavy (non-hydrogen) atoms. The second-order valence-electron chi connectivity index (χ2n) is 4.51. The number of nitrogens with two attached hydrogens (primary N) is 1. The fourth-order valence-corrected chi connectivity index (χ4v) is 2.75. The molecule has 1 aromatic rings. The van der Waals surface area contributed by atoms with Crippen molar-refractivity contribution in [2.75, 3.05) is 0 Å². The lowest BCUT2D eigenvalue weighted by atomic mass is 9.95. The monoisotopic (exact) mass is 302 g/mol. The maximum atomic E-state index is 5.72. The number of aryl methyl sites for hydroxylation is 1. The molecule has 3 N–H and O–H groups in total. The molecule has 4 nitrogen and oxygen atoms in total. The Labute approximate surface area is 112 Å². The third-order valence-electron chi connectivity index (χ3n) is 3.06. The van der Waals surface area contributed by atoms with Crippen LogP contribution in [-0.2, 0) is 6.54 Å². The van der Waals surface area contributed by atoms with Gasteiger partial charge in [0.2, 0.25) is 0 Å². The average Bonchev–Trinajstić information content (AvgIpc) is 2.64. The molecule has 0 radical (unpaired) electrons. The largest absolute Gasteiger partial charge is 0.271 e. The molecule has 1 aromatic heterocycles. The van der Waals surface area contributed by atoms with Gasteiger partial charge in [0.1, 0.15) is 0 Å². The number of hydrazine groups is 1. The molecule has 5 heteroatoms. The lowest BCUT2D eigenvalue weighted by Gasteiger charge is -2.24. The summed E-state index contributed by atoms with van der Waals surface area (Å²) in [5.41, 5.74) is 4.10. The molecule has 98 valence electrons. The van der Waals surface area contributed by atoms with Gasteiger partial charge in [-0.05, 0) is 34.7 Å². The van der Waals surface area contributed by atoms with Crippen molar-refractivity contribution in [1.82, 2.24) is 15.2 Å². The summed E-state index contributed by atoms with van der Waals surface area (Å²) in [5, 5.41) is 4.39. The van der Waals surface area contributed by atoms with Gasteiger partial charge in [0.05, 0.1) is 22.4 Å². The number of hydrogen-bond acceptors (Lipinski definition) is 3. The van der Waals surface area contributed by atoms with Gasteiger partial charge in [-0.2, -0.15) is 5.10 Å². The van der Waals surface area contributed by atoms with Gasteiger partial charge >= 0.3 is 0 Å². The molecule has 0 aliphatic heterocycles. The second-order valence-corrected chi connectivity index (χ2v) is 5.37. The Balaban J connectivity index is 2.97. The first kappa shape index (κ1) is 14.7. The molecule has 2 unspecified atom stereocenters. The van der Waals surface area contributed by atoms with Crippen molar-refractivity contribution in [3.8, 4) is 0 Å². The van der Waals surface area contributed by atoms with E-state index in [1.165, 1.54) is 6.42 Å². The molecule has 0 aliphatic carbocycles. The fraction of sp³-hybridized carbons (Fsp3) is 0.750. The highest BCUT2D eigenvalue weighted by molar-refractivity contribution is 9.10. The molecule has 0 amide bonds. The van der Waals surface area contributed by atoms with Crippen LogP contribution in [0.25, 0.3) is 0 Å². The minimum atomic E-state index is 0.151. The number of rotatable bonds is 7. The summed E-state index contributed by atoms with van der Waals surface area (Å²) in [6, 6.07) is 0.151. The second kappa shape index (κ2) is 7.13. The van der Waals surface area contributed by atoms with Crippen LogP contribution in [0.5, 0.6) is 0 Å². The SMILES string of the molecule is CCCC(C)C(NN)c1c(Br)cnn1CCC. The van der Waals surface area contributed by atoms with Gasteiger partial charge in [-0.3, -0.25) is 16.0 Å². The van der Waals surface area contributed by atoms with E-state index in [4.69, 9.17) is 5.84 Å². The smallest absolute Gasteiger partial charge is 0.0711 e. The van der Waals surface area contributed by atoms with Gasteiger partial charge in [-0.25, -0.2) is 0 Å². The van der Waals surface area contributed by atoms with E-state index in [9.17, 15) is 0 Å². The topological polar surface area (TPSA) is 55.9 Å². The summed E-state index contributed by atoms with van der Waals surface area (Å²) in [5.74, 6) is 6.21. The first-order chi connectivity index (χ1) is 8.15. The number of aromatic nitrogens is 2. The fourth-order valence-electron chi connectivity index (χ4n) is 2.21. The summed E-state index contributed by atoms with van der Waals surface area (Å²) in [6.45, 7) is 7.50. The first-order valence-corrected chi connectivity index (χ1v) is 7.12. The number of hydrogen-bond donors (Lipinski definition) is 2. The van der Waals surface area contributed by atoms with E-state index in [0.717, 1.165) is 29.6 Å². The van der Waals surface area contributed by atoms with E-state index < -0.39 is 0 Å². The van der Waals surface area contributed by atoms with Crippen LogP contribution in [0.1, 0.15) is 51.8 Å². The summed E-state index contributed by atoms with van der Waals surface area (Å²) >= 11 is 3.57. The highest BCUT2D eigenvalue weighted by Gasteiger charge is 2.23. The summed E-state index contributed by atoms with van der Waals surface area (Å²) < 4.78 is 3.08. The Kier molecular flexibility index (Phi) is 6.16. The van der Waals surface area contributed by atoms with E-state index >= 15 is 0 Å². The van der Waals surface area contributed by atoms with Crippen molar-refractivity contribution in [1.29, 1.82) is 0 Å². The van der Waals surface area contributed by atoms with Gasteiger partial charge in [0.15, 0.2) is 0 Å². The molecular formula is C12H23BrN4. The molecule has 0 fully saturated rings. The zero-order chi connectivity index (χ0) is 12.8. The average molecular weight is 303 g/mol. The number of halogens is 1. The summed E-state index contributed by atoms with van der Waals surface area (Å²) in [6.07, 6.45) is 5.24. The molecule has 1 rings (SSSR count). The van der Waals surface area contributed by atoms with Gasteiger partial charge in [0, 0.05) is 6.54 Å². The maximum absolute atomic E-state index is 5.72. The van der Waals surface area contributed by atoms with Crippen molar-refractivity contribution in [2.45, 2.75) is 52.6 Å². The van der Waals surface area contributed by atoms with Crippen LogP contribution in [0.3, 0.4) is 0 Å². The van der Waals surface area contributed by atoms with E-state index in [2.05, 4.69) is 47.2 Å². The van der Waals surface area contributed by atoms with Crippen LogP contribution in [0.15, 0.2) is 10.7 Å². The van der Waals surface area contributed by atoms with Crippen molar-refractivity contribution in [3.05, 3.63) is 16.4 Å². The minimum Gasteiger partial charge on any atom is -0.271 e. The van der Waals surface area contributed by atoms with E-state index in [-0.39, 0.29) is 6.04 Å². The summed E-state index contributed by atoms with van der Waals surface area (Å²) in [7, 11) is 0. The van der Waals surface area contributed by atoms with Crippen molar-refractivity contribution < 1.29 is 0 Å². The number of nitrogens with one attached hydrogen (secondary N) is 1. The standard InChI is InChI=1S/C12H23BrN4/c1-4-6-9(3)11(16-14)12-10(13)8-15-17(12)7-5-2/h8-9,11,16H,4-7,14H2,1-3H3. The Morgan fingerprint density at radius 3 is 2.71 bits per heavy atom. The normalized spacial score (nSPS) is 14.9. The Bertz CT molecular complexity index is 337. The molecule has 2 atom stereocenters. The van der Waals surface area contributed by atoms with Crippen molar-refractivity contribution >= 4 is 15.9 Å². The minimum absolute atomic E-state index is 0.151. The molecule has 0 saturated carbocycles. The predicted molar refractivity (Wildman–Crippen MR) is 74.4 cm³/mol. The lowest BCUT2D eigenvalue weighted by Crippen LogP contribution is -2.34. The Hall–Kier alpha value is -0.390. The Morgan fingerprint density at radius 2 is 2.18 bits per heavy atom.